The van der Waals surface area contributed by atoms with Crippen LogP contribution >= 0.6 is 11.3 Å². The van der Waals surface area contributed by atoms with Crippen LogP contribution in [0.1, 0.15) is 23.0 Å². The summed E-state index contributed by atoms with van der Waals surface area (Å²) in [6.45, 7) is 2.72. The first-order valence-electron chi connectivity index (χ1n) is 9.00. The summed E-state index contributed by atoms with van der Waals surface area (Å²) < 4.78 is 26.8. The van der Waals surface area contributed by atoms with Crippen LogP contribution in [-0.4, -0.2) is 31.5 Å². The second kappa shape index (κ2) is 8.40. The first kappa shape index (κ1) is 19.1. The van der Waals surface area contributed by atoms with E-state index in [2.05, 4.69) is 4.98 Å². The van der Waals surface area contributed by atoms with Crippen LogP contribution in [0.2, 0.25) is 0 Å². The van der Waals surface area contributed by atoms with Gasteiger partial charge >= 0.3 is 5.97 Å². The van der Waals surface area contributed by atoms with Crippen molar-refractivity contribution in [3.8, 4) is 33.6 Å². The van der Waals surface area contributed by atoms with Gasteiger partial charge in [0.15, 0.2) is 23.0 Å². The van der Waals surface area contributed by atoms with Crippen molar-refractivity contribution >= 4 is 17.3 Å². The third-order valence-electron chi connectivity index (χ3n) is 4.22. The molecular formula is C21H19NO6S. The average Bonchev–Trinajstić information content (AvgIpc) is 3.41. The zero-order valence-electron chi connectivity index (χ0n) is 16.0. The van der Waals surface area contributed by atoms with Gasteiger partial charge in [0.2, 0.25) is 6.79 Å². The van der Waals surface area contributed by atoms with Crippen molar-refractivity contribution in [2.24, 2.45) is 0 Å². The summed E-state index contributed by atoms with van der Waals surface area (Å²) in [5.74, 6) is 2.06. The Labute approximate surface area is 171 Å². The maximum atomic E-state index is 12.3. The molecule has 0 unspecified atom stereocenters. The highest BCUT2D eigenvalue weighted by molar-refractivity contribution is 7.13. The number of methoxy groups -OCH3 is 1. The predicted octanol–water partition coefficient (Wildman–Crippen LogP) is 4.30. The smallest absolute Gasteiger partial charge is 0.338 e. The fourth-order valence-electron chi connectivity index (χ4n) is 2.83. The molecule has 0 saturated carbocycles. The van der Waals surface area contributed by atoms with Crippen LogP contribution in [0, 0.1) is 0 Å². The number of ether oxygens (including phenoxy) is 5. The Bertz CT molecular complexity index is 1030. The van der Waals surface area contributed by atoms with E-state index in [1.165, 1.54) is 11.3 Å². The molecular weight excluding hydrogens is 394 g/mol. The van der Waals surface area contributed by atoms with Crippen LogP contribution in [0.15, 0.2) is 41.8 Å². The normalized spacial score (nSPS) is 11.9. The van der Waals surface area contributed by atoms with E-state index >= 15 is 0 Å². The van der Waals surface area contributed by atoms with Gasteiger partial charge in [0.1, 0.15) is 11.6 Å². The van der Waals surface area contributed by atoms with Crippen molar-refractivity contribution in [2.45, 2.75) is 13.5 Å². The van der Waals surface area contributed by atoms with Crippen molar-refractivity contribution < 1.29 is 28.5 Å². The molecule has 1 aliphatic heterocycles. The van der Waals surface area contributed by atoms with E-state index in [0.29, 0.717) is 40.9 Å². The van der Waals surface area contributed by atoms with E-state index in [0.717, 1.165) is 10.6 Å². The van der Waals surface area contributed by atoms with Crippen molar-refractivity contribution in [1.82, 2.24) is 4.98 Å². The fraction of sp³-hybridized carbons (Fsp3) is 0.238. The van der Waals surface area contributed by atoms with Crippen LogP contribution in [-0.2, 0) is 11.3 Å². The Balaban J connectivity index is 1.42. The van der Waals surface area contributed by atoms with Gasteiger partial charge in [-0.3, -0.25) is 0 Å². The largest absolute Gasteiger partial charge is 0.493 e. The Morgan fingerprint density at radius 1 is 1.14 bits per heavy atom. The number of fused-ring (bicyclic) bond motifs is 1. The molecule has 0 N–H and O–H groups in total. The summed E-state index contributed by atoms with van der Waals surface area (Å²) in [5, 5.41) is 2.67. The van der Waals surface area contributed by atoms with Gasteiger partial charge in [-0.25, -0.2) is 9.78 Å². The van der Waals surface area contributed by atoms with Gasteiger partial charge in [0, 0.05) is 10.9 Å². The number of carbonyl (C=O) groups excluding carboxylic acids is 1. The van der Waals surface area contributed by atoms with Crippen LogP contribution in [0.3, 0.4) is 0 Å². The molecule has 8 heteroatoms. The van der Waals surface area contributed by atoms with Crippen molar-refractivity contribution in [3.63, 3.8) is 0 Å². The van der Waals surface area contributed by atoms with E-state index < -0.39 is 5.97 Å². The van der Waals surface area contributed by atoms with Gasteiger partial charge in [-0.2, -0.15) is 0 Å². The molecule has 1 aliphatic rings. The molecule has 0 saturated heterocycles. The van der Waals surface area contributed by atoms with Crippen LogP contribution < -0.4 is 18.9 Å². The van der Waals surface area contributed by atoms with Gasteiger partial charge < -0.3 is 23.7 Å². The maximum absolute atomic E-state index is 12.3. The lowest BCUT2D eigenvalue weighted by Crippen LogP contribution is -2.05. The topological polar surface area (TPSA) is 76.1 Å². The van der Waals surface area contributed by atoms with E-state index in [-0.39, 0.29) is 13.4 Å². The standard InChI is InChI=1S/C21H19NO6S/c1-3-25-16-6-4-13(8-18(16)24-2)20-22-15(11-29-20)10-26-21(23)14-5-7-17-19(9-14)28-12-27-17/h4-9,11H,3,10,12H2,1-2H3. The summed E-state index contributed by atoms with van der Waals surface area (Å²) in [4.78, 5) is 16.9. The predicted molar refractivity (Wildman–Crippen MR) is 107 cm³/mol. The summed E-state index contributed by atoms with van der Waals surface area (Å²) in [6, 6.07) is 10.6. The van der Waals surface area contributed by atoms with Crippen LogP contribution in [0.25, 0.3) is 10.6 Å². The van der Waals surface area contributed by atoms with Gasteiger partial charge in [0.25, 0.3) is 0 Å². The Kier molecular flexibility index (Phi) is 5.53. The molecule has 0 amide bonds. The zero-order valence-corrected chi connectivity index (χ0v) is 16.8. The summed E-state index contributed by atoms with van der Waals surface area (Å²) in [7, 11) is 1.60. The number of rotatable bonds is 7. The zero-order chi connectivity index (χ0) is 20.2. The molecule has 3 aromatic rings. The monoisotopic (exact) mass is 413 g/mol. The molecule has 29 heavy (non-hydrogen) atoms. The number of benzene rings is 2. The second-order valence-corrected chi connectivity index (χ2v) is 6.94. The summed E-state index contributed by atoms with van der Waals surface area (Å²) in [6.07, 6.45) is 0. The molecule has 2 aromatic carbocycles. The van der Waals surface area contributed by atoms with Gasteiger partial charge in [-0.1, -0.05) is 0 Å². The summed E-state index contributed by atoms with van der Waals surface area (Å²) in [5.41, 5.74) is 1.98. The Hall–Kier alpha value is -3.26. The molecule has 0 radical (unpaired) electrons. The minimum atomic E-state index is -0.444. The molecule has 1 aromatic heterocycles. The quantitative estimate of drug-likeness (QED) is 0.535. The van der Waals surface area contributed by atoms with Gasteiger partial charge in [0.05, 0.1) is 25.0 Å². The molecule has 0 atom stereocenters. The Morgan fingerprint density at radius 2 is 2.00 bits per heavy atom. The number of hydrogen-bond donors (Lipinski definition) is 0. The van der Waals surface area contributed by atoms with E-state index in [1.807, 2.05) is 30.5 Å². The Morgan fingerprint density at radius 3 is 2.83 bits per heavy atom. The average molecular weight is 413 g/mol. The number of esters is 1. The minimum Gasteiger partial charge on any atom is -0.493 e. The first-order valence-corrected chi connectivity index (χ1v) is 9.88. The number of thiazole rings is 1. The van der Waals surface area contributed by atoms with Crippen LogP contribution in [0.4, 0.5) is 0 Å². The number of carbonyl (C=O) groups is 1. The molecule has 0 bridgehead atoms. The number of nitrogens with zero attached hydrogens (tertiary/aromatic N) is 1. The molecule has 0 spiro atoms. The molecule has 0 fully saturated rings. The maximum Gasteiger partial charge on any atom is 0.338 e. The highest BCUT2D eigenvalue weighted by atomic mass is 32.1. The number of hydrogen-bond acceptors (Lipinski definition) is 8. The van der Waals surface area contributed by atoms with E-state index in [9.17, 15) is 4.79 Å². The second-order valence-electron chi connectivity index (χ2n) is 6.09. The van der Waals surface area contributed by atoms with Gasteiger partial charge in [-0.05, 0) is 43.3 Å². The lowest BCUT2D eigenvalue weighted by Gasteiger charge is -2.09. The van der Waals surface area contributed by atoms with E-state index in [4.69, 9.17) is 23.7 Å². The first-order chi connectivity index (χ1) is 14.2. The van der Waals surface area contributed by atoms with Crippen LogP contribution in [0.5, 0.6) is 23.0 Å². The lowest BCUT2D eigenvalue weighted by molar-refractivity contribution is 0.0468. The molecule has 2 heterocycles. The third-order valence-corrected chi connectivity index (χ3v) is 5.16. The van der Waals surface area contributed by atoms with Gasteiger partial charge in [-0.15, -0.1) is 11.3 Å². The molecule has 150 valence electrons. The molecule has 4 rings (SSSR count). The minimum absolute atomic E-state index is 0.0813. The highest BCUT2D eigenvalue weighted by Gasteiger charge is 2.17. The lowest BCUT2D eigenvalue weighted by atomic mass is 10.2. The summed E-state index contributed by atoms with van der Waals surface area (Å²) >= 11 is 1.47. The number of aromatic nitrogens is 1. The van der Waals surface area contributed by atoms with E-state index in [1.54, 1.807) is 25.3 Å². The molecule has 0 aliphatic carbocycles. The third kappa shape index (κ3) is 4.12. The fourth-order valence-corrected chi connectivity index (χ4v) is 3.63. The SMILES string of the molecule is CCOc1ccc(-c2nc(COC(=O)c3ccc4c(c3)OCO4)cs2)cc1OC. The van der Waals surface area contributed by atoms with Crippen molar-refractivity contribution in [3.05, 3.63) is 53.0 Å². The van der Waals surface area contributed by atoms with Crippen molar-refractivity contribution in [2.75, 3.05) is 20.5 Å². The van der Waals surface area contributed by atoms with Crippen molar-refractivity contribution in [1.29, 1.82) is 0 Å². The molecule has 7 nitrogen and oxygen atoms in total. The highest BCUT2D eigenvalue weighted by Crippen LogP contribution is 2.34.